The van der Waals surface area contributed by atoms with E-state index in [4.69, 9.17) is 4.74 Å². The third-order valence-electron chi connectivity index (χ3n) is 2.38. The summed E-state index contributed by atoms with van der Waals surface area (Å²) in [5.74, 6) is 1.94. The van der Waals surface area contributed by atoms with E-state index >= 15 is 0 Å². The molecule has 0 amide bonds. The molecule has 3 heteroatoms. The molecule has 74 valence electrons. The molecule has 2 rings (SSSR count). The van der Waals surface area contributed by atoms with Crippen LogP contribution in [0.4, 0.5) is 0 Å². The minimum atomic E-state index is 0.233. The predicted octanol–water partition coefficient (Wildman–Crippen LogP) is 2.68. The van der Waals surface area contributed by atoms with Gasteiger partial charge in [-0.3, -0.25) is 4.79 Å². The fraction of sp³-hybridized carbons (Fsp3) is 0.364. The van der Waals surface area contributed by atoms with Crippen molar-refractivity contribution in [2.75, 3.05) is 12.9 Å². The quantitative estimate of drug-likeness (QED) is 0.709. The van der Waals surface area contributed by atoms with Gasteiger partial charge in [0.1, 0.15) is 5.75 Å². The van der Waals surface area contributed by atoms with E-state index in [9.17, 15) is 4.79 Å². The number of hydrogen-bond acceptors (Lipinski definition) is 3. The first-order valence-electron chi connectivity index (χ1n) is 4.57. The molecule has 0 unspecified atom stereocenters. The van der Waals surface area contributed by atoms with Crippen molar-refractivity contribution in [2.24, 2.45) is 0 Å². The molecule has 0 saturated heterocycles. The van der Waals surface area contributed by atoms with Gasteiger partial charge in [0.25, 0.3) is 0 Å². The first-order chi connectivity index (χ1) is 6.72. The second-order valence-corrected chi connectivity index (χ2v) is 4.48. The number of methoxy groups -OCH3 is 1. The van der Waals surface area contributed by atoms with E-state index in [0.717, 1.165) is 27.5 Å². The Morgan fingerprint density at radius 2 is 2.21 bits per heavy atom. The van der Waals surface area contributed by atoms with Gasteiger partial charge in [-0.05, 0) is 24.6 Å². The molecule has 0 aliphatic carbocycles. The summed E-state index contributed by atoms with van der Waals surface area (Å²) < 4.78 is 5.20. The lowest BCUT2D eigenvalue weighted by molar-refractivity contribution is 0.0984. The lowest BCUT2D eigenvalue weighted by atomic mass is 10.1. The van der Waals surface area contributed by atoms with Crippen LogP contribution in [0.15, 0.2) is 17.0 Å². The zero-order valence-corrected chi connectivity index (χ0v) is 9.11. The predicted molar refractivity (Wildman–Crippen MR) is 57.4 cm³/mol. The molecule has 1 aliphatic heterocycles. The number of carbonyl (C=O) groups is 1. The topological polar surface area (TPSA) is 26.3 Å². The summed E-state index contributed by atoms with van der Waals surface area (Å²) in [6, 6.07) is 3.90. The lowest BCUT2D eigenvalue weighted by Crippen LogP contribution is -2.08. The van der Waals surface area contributed by atoms with Gasteiger partial charge in [-0.2, -0.15) is 0 Å². The molecule has 0 N–H and O–H groups in total. The summed E-state index contributed by atoms with van der Waals surface area (Å²) in [7, 11) is 1.63. The van der Waals surface area contributed by atoms with Crippen LogP contribution in [0.3, 0.4) is 0 Å². The highest BCUT2D eigenvalue weighted by atomic mass is 32.2. The summed E-state index contributed by atoms with van der Waals surface area (Å²) in [6.07, 6.45) is 0.643. The lowest BCUT2D eigenvalue weighted by Gasteiger charge is -2.16. The van der Waals surface area contributed by atoms with Gasteiger partial charge >= 0.3 is 0 Å². The maximum atomic E-state index is 11.6. The fourth-order valence-electron chi connectivity index (χ4n) is 1.61. The number of aryl methyl sites for hydroxylation is 1. The van der Waals surface area contributed by atoms with Gasteiger partial charge in [-0.1, -0.05) is 0 Å². The molecular formula is C11H12O2S. The van der Waals surface area contributed by atoms with E-state index in [0.29, 0.717) is 6.42 Å². The summed E-state index contributed by atoms with van der Waals surface area (Å²) >= 11 is 1.75. The molecule has 0 saturated carbocycles. The number of carbonyl (C=O) groups excluding carboxylic acids is 1. The molecule has 1 aliphatic rings. The van der Waals surface area contributed by atoms with Gasteiger partial charge in [0.05, 0.1) is 7.11 Å². The van der Waals surface area contributed by atoms with Crippen LogP contribution in [0.25, 0.3) is 0 Å². The van der Waals surface area contributed by atoms with E-state index in [1.807, 2.05) is 19.1 Å². The zero-order chi connectivity index (χ0) is 10.1. The minimum Gasteiger partial charge on any atom is -0.496 e. The van der Waals surface area contributed by atoms with Gasteiger partial charge in [0, 0.05) is 22.6 Å². The molecule has 0 fully saturated rings. The van der Waals surface area contributed by atoms with Crippen LogP contribution in [0.2, 0.25) is 0 Å². The molecule has 14 heavy (non-hydrogen) atoms. The average molecular weight is 208 g/mol. The van der Waals surface area contributed by atoms with Crippen LogP contribution in [0.1, 0.15) is 22.3 Å². The van der Waals surface area contributed by atoms with Crippen molar-refractivity contribution in [3.8, 4) is 5.75 Å². The normalized spacial score (nSPS) is 15.1. The van der Waals surface area contributed by atoms with Crippen molar-refractivity contribution in [1.82, 2.24) is 0 Å². The summed E-state index contributed by atoms with van der Waals surface area (Å²) in [4.78, 5) is 12.7. The fourth-order valence-corrected chi connectivity index (χ4v) is 2.70. The number of ether oxygens (including phenoxy) is 1. The number of rotatable bonds is 1. The number of benzene rings is 1. The van der Waals surface area contributed by atoms with Crippen LogP contribution in [-0.4, -0.2) is 18.6 Å². The van der Waals surface area contributed by atoms with Gasteiger partial charge in [-0.15, -0.1) is 11.8 Å². The van der Waals surface area contributed by atoms with Gasteiger partial charge in [0.15, 0.2) is 5.78 Å². The molecule has 1 heterocycles. The summed E-state index contributed by atoms with van der Waals surface area (Å²) in [5.41, 5.74) is 1.91. The Bertz CT molecular complexity index is 385. The average Bonchev–Trinajstić information content (AvgIpc) is 2.17. The van der Waals surface area contributed by atoms with Gasteiger partial charge in [0.2, 0.25) is 0 Å². The third kappa shape index (κ3) is 1.52. The second kappa shape index (κ2) is 3.65. The Kier molecular flexibility index (Phi) is 2.50. The highest BCUT2D eigenvalue weighted by Gasteiger charge is 2.19. The van der Waals surface area contributed by atoms with E-state index in [1.54, 1.807) is 18.9 Å². The molecule has 0 spiro atoms. The zero-order valence-electron chi connectivity index (χ0n) is 8.29. The summed E-state index contributed by atoms with van der Waals surface area (Å²) in [6.45, 7) is 2.00. The number of fused-ring (bicyclic) bond motifs is 1. The minimum absolute atomic E-state index is 0.233. The maximum absolute atomic E-state index is 11.6. The van der Waals surface area contributed by atoms with Crippen LogP contribution < -0.4 is 4.74 Å². The van der Waals surface area contributed by atoms with Gasteiger partial charge < -0.3 is 4.74 Å². The Morgan fingerprint density at radius 1 is 1.43 bits per heavy atom. The monoisotopic (exact) mass is 208 g/mol. The van der Waals surface area contributed by atoms with E-state index in [1.165, 1.54) is 0 Å². The Hall–Kier alpha value is -0.960. The Balaban J connectivity index is 2.54. The number of thioether (sulfide) groups is 1. The molecule has 0 radical (unpaired) electrons. The van der Waals surface area contributed by atoms with Crippen LogP contribution in [0.5, 0.6) is 5.75 Å². The number of ketones is 1. The highest BCUT2D eigenvalue weighted by Crippen LogP contribution is 2.34. The van der Waals surface area contributed by atoms with Crippen molar-refractivity contribution in [3.63, 3.8) is 0 Å². The van der Waals surface area contributed by atoms with E-state index in [-0.39, 0.29) is 5.78 Å². The first-order valence-corrected chi connectivity index (χ1v) is 5.55. The standard InChI is InChI=1S/C11H12O2S/c1-7-5-11-8(6-10(7)13-2)9(12)3-4-14-11/h5-6H,3-4H2,1-2H3. The second-order valence-electron chi connectivity index (χ2n) is 3.34. The number of hydrogen-bond donors (Lipinski definition) is 0. The molecular weight excluding hydrogens is 196 g/mol. The molecule has 2 nitrogen and oxygen atoms in total. The molecule has 0 bridgehead atoms. The van der Waals surface area contributed by atoms with Crippen molar-refractivity contribution in [1.29, 1.82) is 0 Å². The Morgan fingerprint density at radius 3 is 2.93 bits per heavy atom. The SMILES string of the molecule is COc1cc2c(cc1C)SCCC2=O. The van der Waals surface area contributed by atoms with Crippen LogP contribution >= 0.6 is 11.8 Å². The molecule has 0 aromatic heterocycles. The highest BCUT2D eigenvalue weighted by molar-refractivity contribution is 7.99. The Labute approximate surface area is 87.6 Å². The third-order valence-corrected chi connectivity index (χ3v) is 3.44. The van der Waals surface area contributed by atoms with Crippen molar-refractivity contribution in [3.05, 3.63) is 23.3 Å². The smallest absolute Gasteiger partial charge is 0.164 e. The number of Topliss-reactive ketones (excluding diaryl/α,β-unsaturated/α-hetero) is 1. The van der Waals surface area contributed by atoms with Crippen molar-refractivity contribution >= 4 is 17.5 Å². The van der Waals surface area contributed by atoms with Gasteiger partial charge in [-0.25, -0.2) is 0 Å². The molecule has 0 atom stereocenters. The van der Waals surface area contributed by atoms with Crippen molar-refractivity contribution in [2.45, 2.75) is 18.2 Å². The first kappa shape index (κ1) is 9.59. The van der Waals surface area contributed by atoms with Crippen LogP contribution in [0, 0.1) is 6.92 Å². The largest absolute Gasteiger partial charge is 0.496 e. The van der Waals surface area contributed by atoms with E-state index < -0.39 is 0 Å². The summed E-state index contributed by atoms with van der Waals surface area (Å²) in [5, 5.41) is 0. The molecule has 1 aromatic rings. The maximum Gasteiger partial charge on any atom is 0.164 e. The van der Waals surface area contributed by atoms with Crippen molar-refractivity contribution < 1.29 is 9.53 Å². The molecule has 1 aromatic carbocycles. The van der Waals surface area contributed by atoms with Crippen LogP contribution in [-0.2, 0) is 0 Å². The van der Waals surface area contributed by atoms with E-state index in [2.05, 4.69) is 0 Å².